The normalized spacial score (nSPS) is 24.5. The number of nitrogens with zero attached hydrogens (tertiary/aromatic N) is 1. The van der Waals surface area contributed by atoms with Gasteiger partial charge in [0.1, 0.15) is 0 Å². The van der Waals surface area contributed by atoms with Gasteiger partial charge in [-0.1, -0.05) is 91.1 Å². The van der Waals surface area contributed by atoms with Crippen LogP contribution in [-0.2, 0) is 4.87 Å². The average Bonchev–Trinajstić information content (AvgIpc) is 3.05. The lowest BCUT2D eigenvalue weighted by Gasteiger charge is -2.91. The Morgan fingerprint density at radius 2 is 0.927 bits per heavy atom. The Bertz CT molecular complexity index is 1120. The molecule has 1 heterocycles. The molecule has 0 saturated carbocycles. The summed E-state index contributed by atoms with van der Waals surface area (Å²) in [5, 5.41) is 0. The third-order valence-electron chi connectivity index (χ3n) is 10.6. The number of allylic oxidation sites excluding steroid dienone is 2. The molecule has 1 aliphatic rings. The van der Waals surface area contributed by atoms with Crippen LogP contribution in [0, 0.1) is 0 Å². The van der Waals surface area contributed by atoms with Gasteiger partial charge in [-0.15, -0.1) is 65.8 Å². The van der Waals surface area contributed by atoms with Crippen molar-refractivity contribution in [3.63, 3.8) is 0 Å². The zero-order valence-electron chi connectivity index (χ0n) is 25.7. The van der Waals surface area contributed by atoms with Crippen molar-refractivity contribution in [1.82, 2.24) is 4.90 Å². The van der Waals surface area contributed by atoms with Crippen molar-refractivity contribution in [2.45, 2.75) is 47.3 Å². The zero-order valence-corrected chi connectivity index (χ0v) is 26.5. The molecule has 41 heavy (non-hydrogen) atoms. The number of hydrogen-bond acceptors (Lipinski definition) is 1. The van der Waals surface area contributed by atoms with E-state index in [2.05, 4.69) is 162 Å². The first kappa shape index (κ1) is 34.1. The summed E-state index contributed by atoms with van der Waals surface area (Å²) in [6.07, 6.45) is 25.1. The van der Waals surface area contributed by atoms with Crippen LogP contribution < -0.4 is 0 Å². The molecule has 0 amide bonds. The summed E-state index contributed by atoms with van der Waals surface area (Å²) in [7, 11) is -3.85. The second-order valence-electron chi connectivity index (χ2n) is 11.8. The Hall–Kier alpha value is -3.07. The summed E-state index contributed by atoms with van der Waals surface area (Å²) in [6, 6.07) is 11.0. The van der Waals surface area contributed by atoms with Crippen molar-refractivity contribution < 1.29 is 0 Å². The number of rotatable bonds is 21. The smallest absolute Gasteiger partial charge is 0.0724 e. The van der Waals surface area contributed by atoms with E-state index >= 15 is 0 Å². The molecule has 2 rings (SSSR count). The van der Waals surface area contributed by atoms with Crippen molar-refractivity contribution in [3.05, 3.63) is 162 Å². The fourth-order valence-electron chi connectivity index (χ4n) is 10.0. The molecule has 1 aromatic carbocycles. The number of hydrogen-bond donors (Lipinski definition) is 0. The van der Waals surface area contributed by atoms with Gasteiger partial charge >= 0.3 is 0 Å². The summed E-state index contributed by atoms with van der Waals surface area (Å²) in [5.74, 6) is 3.16. The molecule has 0 bridgehead atoms. The van der Waals surface area contributed by atoms with E-state index in [1.165, 1.54) is 5.56 Å². The molecule has 1 unspecified atom stereocenters. The van der Waals surface area contributed by atoms with Crippen molar-refractivity contribution >= 4 is 8.29 Å². The maximum Gasteiger partial charge on any atom is 0.0724 e. The molecule has 1 atom stereocenters. The summed E-state index contributed by atoms with van der Waals surface area (Å²) in [4.78, 5) is 2.25. The molecule has 2 heteroatoms. The number of benzene rings is 1. The van der Waals surface area contributed by atoms with Crippen molar-refractivity contribution in [2.75, 3.05) is 29.6 Å². The molecule has 1 nitrogen and oxygen atoms in total. The minimum absolute atomic E-state index is 0.383. The van der Waals surface area contributed by atoms with Gasteiger partial charge in [0.25, 0.3) is 0 Å². The predicted molar refractivity (Wildman–Crippen MR) is 192 cm³/mol. The molecule has 1 fully saturated rings. The third kappa shape index (κ3) is 3.80. The summed E-state index contributed by atoms with van der Waals surface area (Å²) < 4.78 is -0.383. The second kappa shape index (κ2) is 12.8. The lowest BCUT2D eigenvalue weighted by molar-refractivity contribution is 0.0330. The van der Waals surface area contributed by atoms with E-state index in [4.69, 9.17) is 0 Å². The van der Waals surface area contributed by atoms with E-state index in [1.807, 2.05) is 0 Å². The Labute approximate surface area is 251 Å². The van der Waals surface area contributed by atoms with E-state index in [0.29, 0.717) is 6.54 Å². The molecule has 0 radical (unpaired) electrons. The van der Waals surface area contributed by atoms with Gasteiger partial charge in [0.15, 0.2) is 0 Å². The van der Waals surface area contributed by atoms with Crippen molar-refractivity contribution in [1.29, 1.82) is 0 Å². The van der Waals surface area contributed by atoms with Crippen molar-refractivity contribution in [3.8, 4) is 0 Å². The second-order valence-corrected chi connectivity index (χ2v) is 19.6. The monoisotopic (exact) mass is 569 g/mol. The molecular weight excluding hydrogens is 515 g/mol. The molecule has 1 saturated heterocycles. The van der Waals surface area contributed by atoms with Gasteiger partial charge in [0.05, 0.1) is 4.87 Å². The van der Waals surface area contributed by atoms with Crippen molar-refractivity contribution in [2.24, 2.45) is 0 Å². The van der Waals surface area contributed by atoms with Crippen LogP contribution >= 0.6 is 8.29 Å². The fraction of sp³-hybridized carbons (Fsp3) is 0.333. The van der Waals surface area contributed by atoms with E-state index in [1.54, 1.807) is 0 Å². The molecule has 222 valence electrons. The molecule has 0 aliphatic carbocycles. The van der Waals surface area contributed by atoms with Gasteiger partial charge in [-0.25, -0.2) is 8.29 Å². The predicted octanol–water partition coefficient (Wildman–Crippen LogP) is 10.3. The molecule has 1 aromatic rings. The van der Waals surface area contributed by atoms with Crippen LogP contribution in [0.4, 0.5) is 0 Å². The van der Waals surface area contributed by atoms with Gasteiger partial charge in [0, 0.05) is 16.8 Å². The van der Waals surface area contributed by atoms with Crippen LogP contribution in [0.1, 0.15) is 37.7 Å². The topological polar surface area (TPSA) is 3.24 Å². The standard InChI is InChI=1S/C39H55NS/c1-11-26-37(27-12-2)38(28-13-3,29-14-4)41(32-17-7,33-18-8,34-19-9,35-20-10)39(30-15-5,40(37)31-16-6)36-24-22-21-23-25-36/h11-25H,1-10,26-35H2. The highest BCUT2D eigenvalue weighted by molar-refractivity contribution is 8.66. The van der Waals surface area contributed by atoms with E-state index in [9.17, 15) is 0 Å². The minimum atomic E-state index is -3.85. The maximum atomic E-state index is 4.49. The summed E-state index contributed by atoms with van der Waals surface area (Å²) in [6.45, 7) is 44.9. The minimum Gasteiger partial charge on any atom is -0.276 e. The van der Waals surface area contributed by atoms with Crippen LogP contribution in [0.5, 0.6) is 0 Å². The van der Waals surface area contributed by atoms with Gasteiger partial charge in [-0.2, -0.15) is 0 Å². The van der Waals surface area contributed by atoms with Crippen LogP contribution in [0.15, 0.2) is 157 Å². The molecule has 0 aromatic heterocycles. The average molecular weight is 570 g/mol. The van der Waals surface area contributed by atoms with Crippen LogP contribution in [0.25, 0.3) is 0 Å². The SMILES string of the molecule is C=CCN1C(CC=C)(CC=C)C(CC=C)(CC=C)S(CC=C)(CC=C)(CC=C)(CC=C)C1(CC=C)c1ccccc1. The first-order chi connectivity index (χ1) is 19.7. The molecule has 0 spiro atoms. The van der Waals surface area contributed by atoms with Gasteiger partial charge in [0.2, 0.25) is 0 Å². The van der Waals surface area contributed by atoms with E-state index in [0.717, 1.165) is 55.1 Å². The largest absolute Gasteiger partial charge is 0.276 e. The Balaban J connectivity index is 3.84. The van der Waals surface area contributed by atoms with Gasteiger partial charge < -0.3 is 0 Å². The Morgan fingerprint density at radius 1 is 0.512 bits per heavy atom. The summed E-state index contributed by atoms with van der Waals surface area (Å²) >= 11 is 0. The Morgan fingerprint density at radius 3 is 1.27 bits per heavy atom. The highest BCUT2D eigenvalue weighted by Gasteiger charge is 2.89. The highest BCUT2D eigenvalue weighted by Crippen LogP contribution is 3.09. The third-order valence-corrected chi connectivity index (χ3v) is 21.9. The van der Waals surface area contributed by atoms with Gasteiger partial charge in [-0.05, 0) is 60.7 Å². The lowest BCUT2D eigenvalue weighted by Crippen LogP contribution is -2.70. The fourth-order valence-corrected chi connectivity index (χ4v) is 22.3. The quantitative estimate of drug-likeness (QED) is 0.133. The van der Waals surface area contributed by atoms with Gasteiger partial charge in [-0.3, -0.25) is 4.90 Å². The van der Waals surface area contributed by atoms with E-state index in [-0.39, 0.29) is 4.75 Å². The lowest BCUT2D eigenvalue weighted by atomic mass is 9.71. The summed E-state index contributed by atoms with van der Waals surface area (Å²) in [5.41, 5.74) is 0.842. The molecule has 1 aliphatic heterocycles. The maximum absolute atomic E-state index is 4.49. The van der Waals surface area contributed by atoms with Crippen LogP contribution in [0.2, 0.25) is 0 Å². The van der Waals surface area contributed by atoms with Crippen LogP contribution in [-0.4, -0.2) is 44.7 Å². The molecular formula is C39H55NS. The van der Waals surface area contributed by atoms with Crippen LogP contribution in [0.3, 0.4) is 0 Å². The first-order valence-electron chi connectivity index (χ1n) is 14.7. The molecule has 0 N–H and O–H groups in total. The first-order valence-corrected chi connectivity index (χ1v) is 17.8. The van der Waals surface area contributed by atoms with E-state index < -0.39 is 18.7 Å². The Kier molecular flexibility index (Phi) is 10.7. The zero-order chi connectivity index (χ0) is 30.7. The highest BCUT2D eigenvalue weighted by atomic mass is 32.4.